The SMILES string of the molecule is CC1COCCN1Cc1sccc1C#CCN. The quantitative estimate of drug-likeness (QED) is 0.804. The highest BCUT2D eigenvalue weighted by Gasteiger charge is 2.19. The number of nitrogens with zero attached hydrogens (tertiary/aromatic N) is 1. The molecule has 0 radical (unpaired) electrons. The maximum Gasteiger partial charge on any atom is 0.0619 e. The molecule has 1 unspecified atom stereocenters. The third-order valence-electron chi connectivity index (χ3n) is 2.92. The molecular formula is C13H18N2OS. The fraction of sp³-hybridized carbons (Fsp3) is 0.538. The molecule has 0 bridgehead atoms. The second kappa shape index (κ2) is 6.18. The van der Waals surface area contributed by atoms with Gasteiger partial charge in [0.2, 0.25) is 0 Å². The van der Waals surface area contributed by atoms with Gasteiger partial charge in [0.1, 0.15) is 0 Å². The van der Waals surface area contributed by atoms with Gasteiger partial charge in [0, 0.05) is 29.6 Å². The highest BCUT2D eigenvalue weighted by atomic mass is 32.1. The number of thiophene rings is 1. The minimum Gasteiger partial charge on any atom is -0.379 e. The van der Waals surface area contributed by atoms with E-state index in [0.717, 1.165) is 31.9 Å². The number of ether oxygens (including phenoxy) is 1. The predicted octanol–water partition coefficient (Wildman–Crippen LogP) is 1.28. The zero-order valence-corrected chi connectivity index (χ0v) is 10.9. The van der Waals surface area contributed by atoms with Crippen molar-refractivity contribution in [3.05, 3.63) is 21.9 Å². The maximum absolute atomic E-state index is 5.44. The Morgan fingerprint density at radius 1 is 1.65 bits per heavy atom. The number of rotatable bonds is 2. The first-order valence-electron chi connectivity index (χ1n) is 5.88. The molecule has 0 amide bonds. The van der Waals surface area contributed by atoms with Gasteiger partial charge in [0.25, 0.3) is 0 Å². The zero-order valence-electron chi connectivity index (χ0n) is 10.1. The van der Waals surface area contributed by atoms with Crippen molar-refractivity contribution in [3.63, 3.8) is 0 Å². The average molecular weight is 250 g/mol. The van der Waals surface area contributed by atoms with Crippen LogP contribution in [0, 0.1) is 11.8 Å². The van der Waals surface area contributed by atoms with Crippen LogP contribution >= 0.6 is 11.3 Å². The minimum absolute atomic E-state index is 0.420. The van der Waals surface area contributed by atoms with Gasteiger partial charge in [-0.3, -0.25) is 4.90 Å². The molecule has 0 aliphatic carbocycles. The molecule has 2 rings (SSSR count). The normalized spacial score (nSPS) is 20.9. The highest BCUT2D eigenvalue weighted by molar-refractivity contribution is 7.10. The van der Waals surface area contributed by atoms with Crippen LogP contribution in [0.3, 0.4) is 0 Å². The number of hydrogen-bond donors (Lipinski definition) is 1. The summed E-state index contributed by atoms with van der Waals surface area (Å²) < 4.78 is 5.44. The van der Waals surface area contributed by atoms with E-state index in [2.05, 4.69) is 35.1 Å². The molecule has 4 heteroatoms. The molecule has 17 heavy (non-hydrogen) atoms. The lowest BCUT2D eigenvalue weighted by molar-refractivity contribution is -0.00393. The largest absolute Gasteiger partial charge is 0.379 e. The third-order valence-corrected chi connectivity index (χ3v) is 3.83. The topological polar surface area (TPSA) is 38.5 Å². The summed E-state index contributed by atoms with van der Waals surface area (Å²) in [5.74, 6) is 6.06. The van der Waals surface area contributed by atoms with Crippen LogP contribution in [0.15, 0.2) is 11.4 Å². The molecule has 1 aromatic heterocycles. The lowest BCUT2D eigenvalue weighted by Crippen LogP contribution is -2.42. The van der Waals surface area contributed by atoms with Gasteiger partial charge in [-0.1, -0.05) is 11.8 Å². The molecule has 1 atom stereocenters. The Kier molecular flexibility index (Phi) is 4.57. The molecule has 1 saturated heterocycles. The molecule has 0 spiro atoms. The van der Waals surface area contributed by atoms with E-state index in [-0.39, 0.29) is 0 Å². The Bertz CT molecular complexity index is 419. The average Bonchev–Trinajstić information content (AvgIpc) is 2.77. The minimum atomic E-state index is 0.420. The number of morpholine rings is 1. The van der Waals surface area contributed by atoms with Crippen LogP contribution in [0.25, 0.3) is 0 Å². The number of nitrogens with two attached hydrogens (primary N) is 1. The Balaban J connectivity index is 2.05. The van der Waals surface area contributed by atoms with Gasteiger partial charge in [0.05, 0.1) is 19.8 Å². The zero-order chi connectivity index (χ0) is 12.1. The van der Waals surface area contributed by atoms with E-state index >= 15 is 0 Å². The molecular weight excluding hydrogens is 232 g/mol. The fourth-order valence-corrected chi connectivity index (χ4v) is 2.76. The van der Waals surface area contributed by atoms with Crippen molar-refractivity contribution in [1.29, 1.82) is 0 Å². The van der Waals surface area contributed by atoms with Gasteiger partial charge < -0.3 is 10.5 Å². The second-order valence-corrected chi connectivity index (χ2v) is 5.16. The van der Waals surface area contributed by atoms with Crippen LogP contribution in [-0.4, -0.2) is 37.2 Å². The van der Waals surface area contributed by atoms with Gasteiger partial charge in [-0.25, -0.2) is 0 Å². The first kappa shape index (κ1) is 12.6. The Morgan fingerprint density at radius 3 is 3.29 bits per heavy atom. The van der Waals surface area contributed by atoms with E-state index in [1.54, 1.807) is 11.3 Å². The third kappa shape index (κ3) is 3.30. The van der Waals surface area contributed by atoms with E-state index in [1.807, 2.05) is 0 Å². The summed E-state index contributed by atoms with van der Waals surface area (Å²) in [6, 6.07) is 2.56. The molecule has 1 aromatic rings. The smallest absolute Gasteiger partial charge is 0.0619 e. The van der Waals surface area contributed by atoms with Gasteiger partial charge in [0.15, 0.2) is 0 Å². The summed E-state index contributed by atoms with van der Waals surface area (Å²) in [5, 5.41) is 2.10. The van der Waals surface area contributed by atoms with E-state index in [1.165, 1.54) is 4.88 Å². The molecule has 3 nitrogen and oxygen atoms in total. The van der Waals surface area contributed by atoms with Crippen LogP contribution in [0.2, 0.25) is 0 Å². The van der Waals surface area contributed by atoms with E-state index in [0.29, 0.717) is 12.6 Å². The molecule has 92 valence electrons. The van der Waals surface area contributed by atoms with Gasteiger partial charge in [-0.15, -0.1) is 11.3 Å². The maximum atomic E-state index is 5.44. The van der Waals surface area contributed by atoms with Crippen molar-refractivity contribution in [3.8, 4) is 11.8 Å². The summed E-state index contributed by atoms with van der Waals surface area (Å²) in [7, 11) is 0. The summed E-state index contributed by atoms with van der Waals surface area (Å²) in [6.07, 6.45) is 0. The Morgan fingerprint density at radius 2 is 2.53 bits per heavy atom. The van der Waals surface area contributed by atoms with E-state index < -0.39 is 0 Å². The molecule has 0 aromatic carbocycles. The van der Waals surface area contributed by atoms with Crippen molar-refractivity contribution in [2.75, 3.05) is 26.3 Å². The molecule has 2 N–H and O–H groups in total. The Hall–Kier alpha value is -0.860. The lowest BCUT2D eigenvalue weighted by Gasteiger charge is -2.32. The predicted molar refractivity (Wildman–Crippen MR) is 70.9 cm³/mol. The first-order chi connectivity index (χ1) is 8.31. The molecule has 1 fully saturated rings. The van der Waals surface area contributed by atoms with Crippen LogP contribution in [0.4, 0.5) is 0 Å². The van der Waals surface area contributed by atoms with Gasteiger partial charge in [-0.2, -0.15) is 0 Å². The first-order valence-corrected chi connectivity index (χ1v) is 6.76. The van der Waals surface area contributed by atoms with Gasteiger partial charge >= 0.3 is 0 Å². The molecule has 1 aliphatic rings. The monoisotopic (exact) mass is 250 g/mol. The van der Waals surface area contributed by atoms with E-state index in [4.69, 9.17) is 10.5 Å². The van der Waals surface area contributed by atoms with E-state index in [9.17, 15) is 0 Å². The van der Waals surface area contributed by atoms with Crippen molar-refractivity contribution in [2.24, 2.45) is 5.73 Å². The van der Waals surface area contributed by atoms with Crippen molar-refractivity contribution < 1.29 is 4.74 Å². The van der Waals surface area contributed by atoms with Gasteiger partial charge in [-0.05, 0) is 18.4 Å². The van der Waals surface area contributed by atoms with Crippen molar-refractivity contribution in [1.82, 2.24) is 4.90 Å². The van der Waals surface area contributed by atoms with Crippen LogP contribution in [0.1, 0.15) is 17.4 Å². The molecule has 1 aliphatic heterocycles. The lowest BCUT2D eigenvalue weighted by atomic mass is 10.2. The summed E-state index contributed by atoms with van der Waals surface area (Å²) in [5.41, 5.74) is 6.53. The molecule has 0 saturated carbocycles. The van der Waals surface area contributed by atoms with Crippen LogP contribution < -0.4 is 5.73 Å². The molecule has 2 heterocycles. The standard InChI is InChI=1S/C13H18N2OS/c1-11-10-16-7-6-15(11)9-13-12(3-2-5-14)4-8-17-13/h4,8,11H,5-7,9-10,14H2,1H3. The highest BCUT2D eigenvalue weighted by Crippen LogP contribution is 2.20. The second-order valence-electron chi connectivity index (χ2n) is 4.16. The van der Waals surface area contributed by atoms with Crippen molar-refractivity contribution in [2.45, 2.75) is 19.5 Å². The summed E-state index contributed by atoms with van der Waals surface area (Å²) in [4.78, 5) is 3.78. The van der Waals surface area contributed by atoms with Crippen LogP contribution in [-0.2, 0) is 11.3 Å². The fourth-order valence-electron chi connectivity index (χ4n) is 1.90. The summed E-state index contributed by atoms with van der Waals surface area (Å²) in [6.45, 7) is 6.26. The van der Waals surface area contributed by atoms with Crippen molar-refractivity contribution >= 4 is 11.3 Å². The Labute approximate surface area is 107 Å². The number of hydrogen-bond acceptors (Lipinski definition) is 4. The van der Waals surface area contributed by atoms with Crippen LogP contribution in [0.5, 0.6) is 0 Å². The summed E-state index contributed by atoms with van der Waals surface area (Å²) >= 11 is 1.77.